The lowest BCUT2D eigenvalue weighted by Crippen LogP contribution is -2.13. The van der Waals surface area contributed by atoms with Crippen LogP contribution in [0.15, 0.2) is 45.6 Å². The van der Waals surface area contributed by atoms with Crippen LogP contribution in [0.3, 0.4) is 0 Å². The van der Waals surface area contributed by atoms with E-state index in [-0.39, 0.29) is 12.4 Å². The van der Waals surface area contributed by atoms with E-state index in [1.165, 1.54) is 6.07 Å². The molecule has 0 aliphatic heterocycles. The molecule has 1 aromatic carbocycles. The first-order chi connectivity index (χ1) is 11.9. The number of aromatic nitrogens is 1. The summed E-state index contributed by atoms with van der Waals surface area (Å²) in [4.78, 5) is 23.8. The number of aryl methyl sites for hydroxylation is 1. The largest absolute Gasteiger partial charge is 0.485 e. The van der Waals surface area contributed by atoms with E-state index in [4.69, 9.17) is 9.15 Å². The number of fused-ring (bicyclic) bond motifs is 1. The monoisotopic (exact) mass is 339 g/mol. The topological polar surface area (TPSA) is 61.4 Å². The highest BCUT2D eigenvalue weighted by Gasteiger charge is 2.17. The molecule has 0 fully saturated rings. The van der Waals surface area contributed by atoms with Gasteiger partial charge in [-0.05, 0) is 52.0 Å². The van der Waals surface area contributed by atoms with Gasteiger partial charge in [-0.25, -0.2) is 4.79 Å². The number of benzene rings is 1. The highest BCUT2D eigenvalue weighted by molar-refractivity contribution is 5.98. The van der Waals surface area contributed by atoms with Gasteiger partial charge in [0.15, 0.2) is 6.61 Å². The highest BCUT2D eigenvalue weighted by Crippen LogP contribution is 2.22. The first-order valence-corrected chi connectivity index (χ1v) is 8.25. The molecule has 3 rings (SSSR count). The molecule has 0 radical (unpaired) electrons. The van der Waals surface area contributed by atoms with Crippen LogP contribution >= 0.6 is 0 Å². The van der Waals surface area contributed by atoms with Gasteiger partial charge in [-0.3, -0.25) is 4.79 Å². The van der Waals surface area contributed by atoms with Crippen LogP contribution in [0, 0.1) is 13.8 Å². The second kappa shape index (κ2) is 6.59. The Labute approximate surface area is 145 Å². The Morgan fingerprint density at radius 1 is 1.16 bits per heavy atom. The summed E-state index contributed by atoms with van der Waals surface area (Å²) in [7, 11) is 0. The van der Waals surface area contributed by atoms with Gasteiger partial charge < -0.3 is 13.7 Å². The Kier molecular flexibility index (Phi) is 4.49. The summed E-state index contributed by atoms with van der Waals surface area (Å²) >= 11 is 0. The summed E-state index contributed by atoms with van der Waals surface area (Å²) in [6.07, 6.45) is 0. The molecular formula is C20H21NO4. The SMILES string of the molecule is Cc1cc(C(=O)COc2ccc3ccc(=O)oc3c2)c(C)n1C(C)C. The summed E-state index contributed by atoms with van der Waals surface area (Å²) in [5.41, 5.74) is 2.71. The number of rotatable bonds is 5. The number of carbonyl (C=O) groups is 1. The molecule has 0 saturated carbocycles. The molecule has 0 atom stereocenters. The molecule has 0 aliphatic rings. The Morgan fingerprint density at radius 3 is 2.56 bits per heavy atom. The fourth-order valence-corrected chi connectivity index (χ4v) is 3.21. The molecular weight excluding hydrogens is 318 g/mol. The van der Waals surface area contributed by atoms with Crippen molar-refractivity contribution in [2.75, 3.05) is 6.61 Å². The van der Waals surface area contributed by atoms with Gasteiger partial charge in [0, 0.05) is 40.5 Å². The zero-order valence-corrected chi connectivity index (χ0v) is 14.8. The minimum atomic E-state index is -0.415. The standard InChI is InChI=1S/C20H21NO4/c1-12(2)21-13(3)9-17(14(21)4)18(22)11-24-16-7-5-15-6-8-20(23)25-19(15)10-16/h5-10,12H,11H2,1-4H3. The van der Waals surface area contributed by atoms with Crippen molar-refractivity contribution in [2.45, 2.75) is 33.7 Å². The maximum Gasteiger partial charge on any atom is 0.336 e. The third kappa shape index (κ3) is 3.36. The van der Waals surface area contributed by atoms with E-state index in [1.807, 2.05) is 19.9 Å². The van der Waals surface area contributed by atoms with E-state index in [9.17, 15) is 9.59 Å². The van der Waals surface area contributed by atoms with Gasteiger partial charge in [-0.15, -0.1) is 0 Å². The van der Waals surface area contributed by atoms with Crippen molar-refractivity contribution >= 4 is 16.8 Å². The molecule has 0 spiro atoms. The Balaban J connectivity index is 1.79. The zero-order chi connectivity index (χ0) is 18.1. The third-order valence-electron chi connectivity index (χ3n) is 4.27. The van der Waals surface area contributed by atoms with Crippen LogP contribution in [0.1, 0.15) is 41.6 Å². The molecule has 3 aromatic rings. The molecule has 5 heteroatoms. The minimum Gasteiger partial charge on any atom is -0.485 e. The fourth-order valence-electron chi connectivity index (χ4n) is 3.21. The van der Waals surface area contributed by atoms with E-state index >= 15 is 0 Å². The number of Topliss-reactive ketones (excluding diaryl/α,β-unsaturated/α-hetero) is 1. The summed E-state index contributed by atoms with van der Waals surface area (Å²) in [5.74, 6) is 0.419. The van der Waals surface area contributed by atoms with Crippen molar-refractivity contribution < 1.29 is 13.9 Å². The normalized spacial score (nSPS) is 11.2. The van der Waals surface area contributed by atoms with Crippen LogP contribution in [0.4, 0.5) is 0 Å². The van der Waals surface area contributed by atoms with Crippen LogP contribution in [0.5, 0.6) is 5.75 Å². The van der Waals surface area contributed by atoms with Gasteiger partial charge in [0.1, 0.15) is 11.3 Å². The predicted octanol–water partition coefficient (Wildman–Crippen LogP) is 4.05. The number of hydrogen-bond donors (Lipinski definition) is 0. The van der Waals surface area contributed by atoms with E-state index in [0.717, 1.165) is 16.8 Å². The summed E-state index contributed by atoms with van der Waals surface area (Å²) in [6, 6.07) is 10.4. The molecule has 25 heavy (non-hydrogen) atoms. The maximum absolute atomic E-state index is 12.5. The number of ketones is 1. The van der Waals surface area contributed by atoms with E-state index in [2.05, 4.69) is 18.4 Å². The lowest BCUT2D eigenvalue weighted by Gasteiger charge is -2.13. The van der Waals surface area contributed by atoms with Crippen molar-refractivity contribution in [3.63, 3.8) is 0 Å². The number of hydrogen-bond acceptors (Lipinski definition) is 4. The average Bonchev–Trinajstić information content (AvgIpc) is 2.86. The molecule has 2 aromatic heterocycles. The van der Waals surface area contributed by atoms with Gasteiger partial charge in [0.05, 0.1) is 0 Å². The predicted molar refractivity (Wildman–Crippen MR) is 96.6 cm³/mol. The van der Waals surface area contributed by atoms with Crippen LogP contribution in [0.2, 0.25) is 0 Å². The Bertz CT molecular complexity index is 995. The molecule has 0 amide bonds. The second-order valence-electron chi connectivity index (χ2n) is 6.41. The number of ether oxygens (including phenoxy) is 1. The number of nitrogens with zero attached hydrogens (tertiary/aromatic N) is 1. The Morgan fingerprint density at radius 2 is 1.88 bits per heavy atom. The second-order valence-corrected chi connectivity index (χ2v) is 6.41. The summed E-state index contributed by atoms with van der Waals surface area (Å²) in [5, 5.41) is 0.804. The van der Waals surface area contributed by atoms with Crippen LogP contribution in [0.25, 0.3) is 11.0 Å². The molecule has 0 aliphatic carbocycles. The zero-order valence-electron chi connectivity index (χ0n) is 14.8. The van der Waals surface area contributed by atoms with Crippen molar-refractivity contribution in [3.8, 4) is 5.75 Å². The lowest BCUT2D eigenvalue weighted by molar-refractivity contribution is 0.0920. The highest BCUT2D eigenvalue weighted by atomic mass is 16.5. The number of carbonyl (C=O) groups excluding carboxylic acids is 1. The van der Waals surface area contributed by atoms with Crippen LogP contribution in [-0.2, 0) is 0 Å². The first kappa shape index (κ1) is 17.0. The van der Waals surface area contributed by atoms with Gasteiger partial charge in [-0.2, -0.15) is 0 Å². The maximum atomic E-state index is 12.5. The molecule has 2 heterocycles. The van der Waals surface area contributed by atoms with Crippen LogP contribution < -0.4 is 10.4 Å². The van der Waals surface area contributed by atoms with Gasteiger partial charge in [0.25, 0.3) is 0 Å². The smallest absolute Gasteiger partial charge is 0.336 e. The minimum absolute atomic E-state index is 0.0645. The van der Waals surface area contributed by atoms with E-state index in [0.29, 0.717) is 22.9 Å². The van der Waals surface area contributed by atoms with Gasteiger partial charge >= 0.3 is 5.63 Å². The van der Waals surface area contributed by atoms with Crippen molar-refractivity contribution in [1.29, 1.82) is 0 Å². The van der Waals surface area contributed by atoms with Crippen LogP contribution in [-0.4, -0.2) is 17.0 Å². The fraction of sp³-hybridized carbons (Fsp3) is 0.300. The third-order valence-corrected chi connectivity index (χ3v) is 4.27. The molecule has 130 valence electrons. The molecule has 0 saturated heterocycles. The van der Waals surface area contributed by atoms with E-state index < -0.39 is 5.63 Å². The van der Waals surface area contributed by atoms with Gasteiger partial charge in [-0.1, -0.05) is 0 Å². The van der Waals surface area contributed by atoms with Gasteiger partial charge in [0.2, 0.25) is 5.78 Å². The average molecular weight is 339 g/mol. The molecule has 0 unspecified atom stereocenters. The van der Waals surface area contributed by atoms with Crippen molar-refractivity contribution in [3.05, 3.63) is 63.8 Å². The van der Waals surface area contributed by atoms with Crippen molar-refractivity contribution in [2.24, 2.45) is 0 Å². The van der Waals surface area contributed by atoms with E-state index in [1.54, 1.807) is 24.3 Å². The van der Waals surface area contributed by atoms with Crippen molar-refractivity contribution in [1.82, 2.24) is 4.57 Å². The quantitative estimate of drug-likeness (QED) is 0.519. The Hall–Kier alpha value is -2.82. The molecule has 5 nitrogen and oxygen atoms in total. The lowest BCUT2D eigenvalue weighted by atomic mass is 10.1. The summed E-state index contributed by atoms with van der Waals surface area (Å²) in [6.45, 7) is 8.06. The molecule has 0 N–H and O–H groups in total. The summed E-state index contributed by atoms with van der Waals surface area (Å²) < 4.78 is 12.9. The first-order valence-electron chi connectivity index (χ1n) is 8.25. The molecule has 0 bridgehead atoms.